The minimum absolute atomic E-state index is 0. The molecular weight excluding hydrogens is 175 g/mol. The van der Waals surface area contributed by atoms with Crippen molar-refractivity contribution >= 4 is 13.3 Å². The van der Waals surface area contributed by atoms with Gasteiger partial charge in [0.2, 0.25) is 0 Å². The Balaban J connectivity index is 0. The normalized spacial score (nSPS) is 10.1. The van der Waals surface area contributed by atoms with Crippen molar-refractivity contribution in [1.29, 1.82) is 0 Å². The smallest absolute Gasteiger partial charge is 0.870 e. The summed E-state index contributed by atoms with van der Waals surface area (Å²) in [6.07, 6.45) is 1.10. The van der Waals surface area contributed by atoms with Crippen LogP contribution in [-0.2, 0) is 6.42 Å². The third-order valence-corrected chi connectivity index (χ3v) is 1.71. The summed E-state index contributed by atoms with van der Waals surface area (Å²) >= 11 is 0. The maximum Gasteiger partial charge on any atom is -0.870 e. The molecular formula is C11H17BO2. The first-order valence-corrected chi connectivity index (χ1v) is 4.32. The number of benzene rings is 1. The van der Waals surface area contributed by atoms with Gasteiger partial charge in [0.25, 0.3) is 0 Å². The topological polar surface area (TPSA) is 60.0 Å². The molecule has 0 spiro atoms. The van der Waals surface area contributed by atoms with Crippen LogP contribution in [0.1, 0.15) is 26.3 Å². The molecule has 1 aromatic carbocycles. The predicted octanol–water partition coefficient (Wildman–Crippen LogP) is 1.72. The number of hydrogen-bond acceptors (Lipinski definition) is 2. The Morgan fingerprint density at radius 3 is 1.79 bits per heavy atom. The van der Waals surface area contributed by atoms with E-state index in [1.807, 2.05) is 12.1 Å². The molecule has 0 heterocycles. The predicted molar refractivity (Wildman–Crippen MR) is 58.9 cm³/mol. The third kappa shape index (κ3) is 5.78. The van der Waals surface area contributed by atoms with E-state index in [1.54, 1.807) is 0 Å². The molecule has 0 bridgehead atoms. The van der Waals surface area contributed by atoms with Gasteiger partial charge in [-0.15, -0.1) is 0 Å². The molecule has 76 valence electrons. The second kappa shape index (κ2) is 5.84. The van der Waals surface area contributed by atoms with Crippen molar-refractivity contribution in [2.75, 3.05) is 0 Å². The van der Waals surface area contributed by atoms with E-state index >= 15 is 0 Å². The summed E-state index contributed by atoms with van der Waals surface area (Å²) in [5.74, 6) is 0. The fourth-order valence-electron chi connectivity index (χ4n) is 1.25. The molecule has 0 aliphatic carbocycles. The minimum Gasteiger partial charge on any atom is -0.870 e. The Labute approximate surface area is 87.4 Å². The van der Waals surface area contributed by atoms with Crippen LogP contribution in [0.3, 0.4) is 0 Å². The Morgan fingerprint density at radius 1 is 1.00 bits per heavy atom. The molecule has 1 rings (SSSR count). The Bertz CT molecular complexity index is 249. The van der Waals surface area contributed by atoms with Crippen molar-refractivity contribution in [2.45, 2.75) is 27.2 Å². The molecule has 0 unspecified atom stereocenters. The van der Waals surface area contributed by atoms with Crippen molar-refractivity contribution in [3.63, 3.8) is 0 Å². The van der Waals surface area contributed by atoms with Gasteiger partial charge in [-0.25, -0.2) is 0 Å². The molecule has 0 aliphatic rings. The Hall–Kier alpha value is -0.795. The van der Waals surface area contributed by atoms with Gasteiger partial charge in [0.1, 0.15) is 0 Å². The fraction of sp³-hybridized carbons (Fsp3) is 0.455. The van der Waals surface area contributed by atoms with Gasteiger partial charge in [-0.2, -0.15) is 0 Å². The summed E-state index contributed by atoms with van der Waals surface area (Å²) in [4.78, 5) is 0. The van der Waals surface area contributed by atoms with E-state index in [9.17, 15) is 0 Å². The van der Waals surface area contributed by atoms with Crippen molar-refractivity contribution in [2.24, 2.45) is 5.41 Å². The van der Waals surface area contributed by atoms with Gasteiger partial charge in [-0.05, 0) is 0 Å². The van der Waals surface area contributed by atoms with Crippen LogP contribution in [0.5, 0.6) is 0 Å². The SMILES string of the molecule is [B+2]c1ccc(CC(C)(C)C)cc1.[OH-].[OH-]. The maximum atomic E-state index is 5.59. The molecule has 0 aromatic heterocycles. The summed E-state index contributed by atoms with van der Waals surface area (Å²) in [5, 5.41) is 0. The first kappa shape index (κ1) is 15.7. The molecule has 1 aromatic rings. The zero-order valence-electron chi connectivity index (χ0n) is 8.99. The average molecular weight is 192 g/mol. The second-order valence-electron chi connectivity index (χ2n) is 4.48. The summed E-state index contributed by atoms with van der Waals surface area (Å²) in [7, 11) is 5.59. The molecule has 2 N–H and O–H groups in total. The van der Waals surface area contributed by atoms with Crippen molar-refractivity contribution in [3.8, 4) is 0 Å². The van der Waals surface area contributed by atoms with E-state index in [1.165, 1.54) is 5.56 Å². The van der Waals surface area contributed by atoms with E-state index in [2.05, 4.69) is 32.9 Å². The van der Waals surface area contributed by atoms with Gasteiger partial charge in [-0.1, -0.05) is 0 Å². The average Bonchev–Trinajstić information content (AvgIpc) is 1.91. The standard InChI is InChI=1S/C11H15B.2H2O/c1-11(2,3)8-9-4-6-10(12)7-5-9;;/h4-7H,8H2,1-3H3;2*1H2/q+2;;/p-2. The van der Waals surface area contributed by atoms with Crippen molar-refractivity contribution in [3.05, 3.63) is 29.8 Å². The van der Waals surface area contributed by atoms with Crippen LogP contribution in [0.25, 0.3) is 0 Å². The molecule has 3 heteroatoms. The molecule has 0 radical (unpaired) electrons. The van der Waals surface area contributed by atoms with Gasteiger partial charge < -0.3 is 11.0 Å². The van der Waals surface area contributed by atoms with Gasteiger partial charge in [0.05, 0.1) is 0 Å². The first-order valence-electron chi connectivity index (χ1n) is 4.32. The van der Waals surface area contributed by atoms with Gasteiger partial charge >= 0.3 is 75.7 Å². The maximum absolute atomic E-state index is 5.59. The van der Waals surface area contributed by atoms with E-state index < -0.39 is 0 Å². The van der Waals surface area contributed by atoms with Crippen LogP contribution in [0.15, 0.2) is 24.3 Å². The summed E-state index contributed by atoms with van der Waals surface area (Å²) in [6.45, 7) is 6.72. The van der Waals surface area contributed by atoms with Crippen LogP contribution in [0.2, 0.25) is 0 Å². The van der Waals surface area contributed by atoms with Crippen LogP contribution < -0.4 is 5.46 Å². The fourth-order valence-corrected chi connectivity index (χ4v) is 1.25. The molecule has 0 saturated carbocycles. The zero-order chi connectivity index (χ0) is 9.19. The summed E-state index contributed by atoms with van der Waals surface area (Å²) in [5.41, 5.74) is 2.56. The zero-order valence-corrected chi connectivity index (χ0v) is 8.99. The quantitative estimate of drug-likeness (QED) is 0.636. The molecule has 0 amide bonds. The van der Waals surface area contributed by atoms with Crippen molar-refractivity contribution < 1.29 is 11.0 Å². The number of rotatable bonds is 1. The molecule has 0 aliphatic heterocycles. The molecule has 14 heavy (non-hydrogen) atoms. The van der Waals surface area contributed by atoms with Crippen molar-refractivity contribution in [1.82, 2.24) is 0 Å². The van der Waals surface area contributed by atoms with Crippen LogP contribution in [-0.4, -0.2) is 18.8 Å². The largest absolute Gasteiger partial charge is 0.870 e. The van der Waals surface area contributed by atoms with Crippen LogP contribution >= 0.6 is 0 Å². The monoisotopic (exact) mass is 192 g/mol. The second-order valence-corrected chi connectivity index (χ2v) is 4.48. The Kier molecular flexibility index (Phi) is 6.53. The van der Waals surface area contributed by atoms with Gasteiger partial charge in [-0.3, -0.25) is 0 Å². The first-order chi connectivity index (χ1) is 5.47. The summed E-state index contributed by atoms with van der Waals surface area (Å²) < 4.78 is 0. The van der Waals surface area contributed by atoms with Gasteiger partial charge in [0.15, 0.2) is 0 Å². The molecule has 0 atom stereocenters. The third-order valence-electron chi connectivity index (χ3n) is 1.71. The minimum atomic E-state index is 0. The molecule has 0 fully saturated rings. The summed E-state index contributed by atoms with van der Waals surface area (Å²) in [6, 6.07) is 8.11. The van der Waals surface area contributed by atoms with Crippen LogP contribution in [0.4, 0.5) is 0 Å². The molecule has 0 saturated heterocycles. The van der Waals surface area contributed by atoms with Crippen LogP contribution in [0, 0.1) is 5.41 Å². The van der Waals surface area contributed by atoms with E-state index in [4.69, 9.17) is 7.85 Å². The van der Waals surface area contributed by atoms with E-state index in [0.29, 0.717) is 5.41 Å². The Morgan fingerprint density at radius 2 is 1.43 bits per heavy atom. The molecule has 2 nitrogen and oxygen atoms in total. The van der Waals surface area contributed by atoms with Gasteiger partial charge in [0, 0.05) is 0 Å². The number of hydrogen-bond donors (Lipinski definition) is 0. The van der Waals surface area contributed by atoms with E-state index in [0.717, 1.165) is 11.9 Å². The van der Waals surface area contributed by atoms with E-state index in [-0.39, 0.29) is 11.0 Å².